The summed E-state index contributed by atoms with van der Waals surface area (Å²) in [4.78, 5) is 12.4. The highest BCUT2D eigenvalue weighted by Crippen LogP contribution is 2.35. The van der Waals surface area contributed by atoms with E-state index in [9.17, 15) is 31.1 Å². The molecule has 0 aliphatic heterocycles. The molecule has 0 unspecified atom stereocenters. The molecule has 0 fully saturated rings. The largest absolute Gasteiger partial charge is 0.436 e. The van der Waals surface area contributed by atoms with Crippen LogP contribution in [0.3, 0.4) is 0 Å². The zero-order valence-electron chi connectivity index (χ0n) is 15.9. The van der Waals surface area contributed by atoms with Crippen molar-refractivity contribution < 1.29 is 31.1 Å². The summed E-state index contributed by atoms with van der Waals surface area (Å²) in [5.41, 5.74) is -1.90. The van der Waals surface area contributed by atoms with Crippen LogP contribution in [-0.4, -0.2) is 25.5 Å². The Balaban J connectivity index is 1.81. The van der Waals surface area contributed by atoms with E-state index in [1.807, 2.05) is 0 Å². The lowest BCUT2D eigenvalue weighted by Crippen LogP contribution is -2.17. The topological polar surface area (TPSA) is 64.7 Å². The van der Waals surface area contributed by atoms with E-state index < -0.39 is 40.2 Å². The molecular weight excluding hydrogens is 452 g/mol. The van der Waals surface area contributed by atoms with Gasteiger partial charge in [-0.15, -0.1) is 0 Å². The summed E-state index contributed by atoms with van der Waals surface area (Å²) in [5.74, 6) is -0.987. The van der Waals surface area contributed by atoms with Gasteiger partial charge in [0, 0.05) is 18.8 Å². The zero-order valence-corrected chi connectivity index (χ0v) is 16.7. The first-order chi connectivity index (χ1) is 14.3. The number of nitrogens with zero attached hydrogens (tertiary/aromatic N) is 4. The molecule has 1 N–H and O–H groups in total. The average Bonchev–Trinajstić information content (AvgIpc) is 3.13. The molecule has 0 spiro atoms. The van der Waals surface area contributed by atoms with Gasteiger partial charge in [0.15, 0.2) is 11.5 Å². The lowest BCUT2D eigenvalue weighted by atomic mass is 10.1. The molecule has 13 heteroatoms. The van der Waals surface area contributed by atoms with Crippen LogP contribution >= 0.6 is 11.6 Å². The van der Waals surface area contributed by atoms with E-state index >= 15 is 0 Å². The molecule has 0 bridgehead atoms. The highest BCUT2D eigenvalue weighted by Gasteiger charge is 2.39. The van der Waals surface area contributed by atoms with Gasteiger partial charge in [0.05, 0.1) is 12.1 Å². The number of anilines is 1. The van der Waals surface area contributed by atoms with Crippen LogP contribution in [-0.2, 0) is 25.9 Å². The molecule has 0 aliphatic carbocycles. The Bertz CT molecular complexity index is 1130. The van der Waals surface area contributed by atoms with Crippen LogP contribution in [0.15, 0.2) is 30.3 Å². The number of rotatable bonds is 4. The average molecular weight is 466 g/mol. The summed E-state index contributed by atoms with van der Waals surface area (Å²) in [7, 11) is 1.13. The number of hydrogen-bond donors (Lipinski definition) is 1. The highest BCUT2D eigenvalue weighted by atomic mass is 35.5. The van der Waals surface area contributed by atoms with E-state index in [0.717, 1.165) is 19.2 Å². The highest BCUT2D eigenvalue weighted by molar-refractivity contribution is 6.34. The summed E-state index contributed by atoms with van der Waals surface area (Å²) in [6.45, 7) is 1.59. The fourth-order valence-electron chi connectivity index (χ4n) is 2.85. The van der Waals surface area contributed by atoms with Gasteiger partial charge in [-0.25, -0.2) is 0 Å². The molecule has 3 rings (SSSR count). The standard InChI is InChI=1S/C18H14ClF6N5O/c1-9-6-12(26-16(31)14-13(19)15(18(23,24)25)28-29(14)2)27-30(9)8-10-4-3-5-11(7-10)17(20,21)22/h3-7H,8H2,1-2H3,(H,26,27,31). The van der Waals surface area contributed by atoms with Crippen molar-refractivity contribution in [2.45, 2.75) is 25.8 Å². The second-order valence-electron chi connectivity index (χ2n) is 6.61. The summed E-state index contributed by atoms with van der Waals surface area (Å²) in [6, 6.07) is 6.09. The van der Waals surface area contributed by atoms with Gasteiger partial charge in [0.2, 0.25) is 0 Å². The third-order valence-electron chi connectivity index (χ3n) is 4.28. The maximum Gasteiger partial charge on any atom is 0.436 e. The molecule has 166 valence electrons. The van der Waals surface area contributed by atoms with Gasteiger partial charge < -0.3 is 5.32 Å². The van der Waals surface area contributed by atoms with E-state index in [0.29, 0.717) is 15.9 Å². The number of hydrogen-bond acceptors (Lipinski definition) is 3. The van der Waals surface area contributed by atoms with E-state index in [-0.39, 0.29) is 12.4 Å². The van der Waals surface area contributed by atoms with Crippen LogP contribution in [0.5, 0.6) is 0 Å². The second kappa shape index (κ2) is 7.91. The minimum absolute atomic E-state index is 0.0136. The maximum absolute atomic E-state index is 12.9. The van der Waals surface area contributed by atoms with Gasteiger partial charge in [-0.3, -0.25) is 14.2 Å². The van der Waals surface area contributed by atoms with Crippen LogP contribution in [0.2, 0.25) is 5.02 Å². The van der Waals surface area contributed by atoms with Crippen LogP contribution in [0, 0.1) is 6.92 Å². The number of aromatic nitrogens is 4. The summed E-state index contributed by atoms with van der Waals surface area (Å²) < 4.78 is 79.4. The smallest absolute Gasteiger partial charge is 0.304 e. The molecule has 0 aliphatic rings. The Kier molecular flexibility index (Phi) is 5.78. The van der Waals surface area contributed by atoms with E-state index in [2.05, 4.69) is 15.5 Å². The third kappa shape index (κ3) is 4.84. The van der Waals surface area contributed by atoms with Crippen molar-refractivity contribution in [2.24, 2.45) is 7.05 Å². The van der Waals surface area contributed by atoms with Gasteiger partial charge in [0.1, 0.15) is 10.7 Å². The lowest BCUT2D eigenvalue weighted by Gasteiger charge is -2.09. The SMILES string of the molecule is Cc1cc(NC(=O)c2c(Cl)c(C(F)(F)F)nn2C)nn1Cc1cccc(C(F)(F)F)c1. The van der Waals surface area contributed by atoms with Crippen LogP contribution in [0.25, 0.3) is 0 Å². The van der Waals surface area contributed by atoms with E-state index in [1.54, 1.807) is 6.92 Å². The van der Waals surface area contributed by atoms with E-state index in [1.165, 1.54) is 22.9 Å². The Morgan fingerprint density at radius 2 is 1.77 bits per heavy atom. The van der Waals surface area contributed by atoms with Crippen molar-refractivity contribution in [2.75, 3.05) is 5.32 Å². The van der Waals surface area contributed by atoms with Gasteiger partial charge in [-0.05, 0) is 24.6 Å². The molecule has 0 atom stereocenters. The number of carbonyl (C=O) groups is 1. The minimum atomic E-state index is -4.84. The minimum Gasteiger partial charge on any atom is -0.304 e. The zero-order chi connectivity index (χ0) is 23.1. The summed E-state index contributed by atoms with van der Waals surface area (Å²) in [6.07, 6.45) is -9.33. The second-order valence-corrected chi connectivity index (χ2v) is 6.99. The molecule has 31 heavy (non-hydrogen) atoms. The van der Waals surface area contributed by atoms with Crippen LogP contribution in [0.1, 0.15) is 33.0 Å². The fourth-order valence-corrected chi connectivity index (χ4v) is 3.20. The van der Waals surface area contributed by atoms with E-state index in [4.69, 9.17) is 11.6 Å². The number of aryl methyl sites for hydroxylation is 2. The van der Waals surface area contributed by atoms with Crippen molar-refractivity contribution in [3.8, 4) is 0 Å². The Hall–Kier alpha value is -3.02. The lowest BCUT2D eigenvalue weighted by molar-refractivity contribution is -0.141. The quantitative estimate of drug-likeness (QED) is 0.556. The molecule has 3 aromatic rings. The molecule has 2 aromatic heterocycles. The molecule has 1 amide bonds. The number of carbonyl (C=O) groups excluding carboxylic acids is 1. The number of amides is 1. The number of benzene rings is 1. The van der Waals surface area contributed by atoms with Crippen molar-refractivity contribution in [3.63, 3.8) is 0 Å². The Labute approximate surface area is 176 Å². The predicted molar refractivity (Wildman–Crippen MR) is 98.7 cm³/mol. The first-order valence-corrected chi connectivity index (χ1v) is 8.97. The molecular formula is C18H14ClF6N5O. The van der Waals surface area contributed by atoms with Crippen LogP contribution < -0.4 is 5.32 Å². The maximum atomic E-state index is 12.9. The molecule has 0 saturated heterocycles. The Morgan fingerprint density at radius 3 is 2.35 bits per heavy atom. The third-order valence-corrected chi connectivity index (χ3v) is 4.64. The first-order valence-electron chi connectivity index (χ1n) is 8.59. The Morgan fingerprint density at radius 1 is 1.10 bits per heavy atom. The first kappa shape index (κ1) is 22.7. The molecule has 0 radical (unpaired) electrons. The fraction of sp³-hybridized carbons (Fsp3) is 0.278. The molecule has 1 aromatic carbocycles. The number of alkyl halides is 6. The van der Waals surface area contributed by atoms with Crippen molar-refractivity contribution in [3.05, 3.63) is 63.6 Å². The van der Waals surface area contributed by atoms with Crippen molar-refractivity contribution >= 4 is 23.3 Å². The number of nitrogens with one attached hydrogen (secondary N) is 1. The summed E-state index contributed by atoms with van der Waals surface area (Å²) in [5, 5.41) is 8.79. The van der Waals surface area contributed by atoms with Gasteiger partial charge in [0.25, 0.3) is 5.91 Å². The molecule has 2 heterocycles. The van der Waals surface area contributed by atoms with Crippen molar-refractivity contribution in [1.82, 2.24) is 19.6 Å². The predicted octanol–water partition coefficient (Wildman–Crippen LogP) is 4.92. The molecule has 0 saturated carbocycles. The summed E-state index contributed by atoms with van der Waals surface area (Å²) >= 11 is 5.69. The van der Waals surface area contributed by atoms with Gasteiger partial charge in [-0.1, -0.05) is 23.7 Å². The van der Waals surface area contributed by atoms with Crippen LogP contribution in [0.4, 0.5) is 32.2 Å². The normalized spacial score (nSPS) is 12.3. The van der Waals surface area contributed by atoms with Gasteiger partial charge >= 0.3 is 12.4 Å². The van der Waals surface area contributed by atoms with Crippen molar-refractivity contribution in [1.29, 1.82) is 0 Å². The van der Waals surface area contributed by atoms with Gasteiger partial charge in [-0.2, -0.15) is 36.5 Å². The number of halogens is 7. The molecule has 6 nitrogen and oxygen atoms in total. The monoisotopic (exact) mass is 465 g/mol.